The summed E-state index contributed by atoms with van der Waals surface area (Å²) in [7, 11) is 0. The van der Waals surface area contributed by atoms with Gasteiger partial charge in [-0.25, -0.2) is 0 Å². The van der Waals surface area contributed by atoms with Crippen molar-refractivity contribution in [1.82, 2.24) is 9.78 Å². The van der Waals surface area contributed by atoms with Crippen LogP contribution in [-0.2, 0) is 9.59 Å². The molecule has 0 saturated heterocycles. The van der Waals surface area contributed by atoms with Crippen LogP contribution in [0.25, 0.3) is 5.69 Å². The van der Waals surface area contributed by atoms with Crippen molar-refractivity contribution in [3.05, 3.63) is 57.5 Å². The van der Waals surface area contributed by atoms with E-state index >= 15 is 0 Å². The summed E-state index contributed by atoms with van der Waals surface area (Å²) in [6.07, 6.45) is 0.848. The maximum Gasteiger partial charge on any atom is 0.282 e. The molecule has 128 valence electrons. The summed E-state index contributed by atoms with van der Waals surface area (Å²) in [6.45, 7) is 3.58. The number of carbonyl (C=O) groups excluding carboxylic acids is 3. The number of carbonyl (C=O) groups is 3. The molecule has 6 heteroatoms. The van der Waals surface area contributed by atoms with Gasteiger partial charge < -0.3 is 0 Å². The number of hydrogen-bond acceptors (Lipinski definition) is 5. The summed E-state index contributed by atoms with van der Waals surface area (Å²) in [6, 6.07) is 8.48. The average Bonchev–Trinajstić information content (AvgIpc) is 2.57. The second-order valence-electron chi connectivity index (χ2n) is 6.34. The normalized spacial score (nSPS) is 15.4. The second-order valence-corrected chi connectivity index (χ2v) is 6.34. The fourth-order valence-electron chi connectivity index (χ4n) is 3.01. The molecular weight excluding hydrogens is 320 g/mol. The zero-order chi connectivity index (χ0) is 18.1. The van der Waals surface area contributed by atoms with Gasteiger partial charge in [0.2, 0.25) is 0 Å². The average molecular weight is 338 g/mol. The number of aryl methyl sites for hydroxylation is 2. The van der Waals surface area contributed by atoms with E-state index in [0.717, 1.165) is 10.2 Å². The van der Waals surface area contributed by atoms with Crippen LogP contribution in [0.15, 0.2) is 35.1 Å². The monoisotopic (exact) mass is 338 g/mol. The van der Waals surface area contributed by atoms with Gasteiger partial charge in [0, 0.05) is 12.8 Å². The maximum absolute atomic E-state index is 12.8. The minimum atomic E-state index is -1.35. The first kappa shape index (κ1) is 17.0. The quantitative estimate of drug-likeness (QED) is 0.631. The van der Waals surface area contributed by atoms with Crippen LogP contribution in [0.5, 0.6) is 0 Å². The Balaban J connectivity index is 2.09. The Hall–Kier alpha value is -2.89. The molecule has 1 heterocycles. The van der Waals surface area contributed by atoms with Crippen molar-refractivity contribution in [2.75, 3.05) is 0 Å². The van der Waals surface area contributed by atoms with Gasteiger partial charge in [0.25, 0.3) is 5.56 Å². The molecule has 1 fully saturated rings. The Morgan fingerprint density at radius 2 is 1.64 bits per heavy atom. The molecule has 1 aromatic heterocycles. The number of hydrogen-bond donors (Lipinski definition) is 0. The van der Waals surface area contributed by atoms with E-state index in [0.29, 0.717) is 17.8 Å². The molecule has 0 N–H and O–H groups in total. The summed E-state index contributed by atoms with van der Waals surface area (Å²) in [5.41, 5.74) is 1.22. The van der Waals surface area contributed by atoms with Crippen molar-refractivity contribution in [2.24, 2.45) is 5.92 Å². The summed E-state index contributed by atoms with van der Waals surface area (Å²) in [5.74, 6) is -2.88. The standard InChI is InChI=1S/C19H18N2O4/c1-11-6-8-13(9-7-11)21-19(25)14(10-12(2)20-21)18(24)17-15(22)4-3-5-16(17)23/h6-10,17H,3-5H2,1-2H3. The lowest BCUT2D eigenvalue weighted by atomic mass is 9.82. The molecule has 0 atom stereocenters. The molecule has 1 saturated carbocycles. The van der Waals surface area contributed by atoms with Crippen LogP contribution in [0, 0.1) is 19.8 Å². The zero-order valence-corrected chi connectivity index (χ0v) is 14.1. The largest absolute Gasteiger partial charge is 0.298 e. The molecule has 1 aliphatic rings. The minimum absolute atomic E-state index is 0.165. The first-order chi connectivity index (χ1) is 11.9. The van der Waals surface area contributed by atoms with Crippen molar-refractivity contribution < 1.29 is 14.4 Å². The molecule has 1 aliphatic carbocycles. The van der Waals surface area contributed by atoms with E-state index in [9.17, 15) is 19.2 Å². The first-order valence-electron chi connectivity index (χ1n) is 8.16. The highest BCUT2D eigenvalue weighted by Gasteiger charge is 2.37. The van der Waals surface area contributed by atoms with Crippen molar-refractivity contribution in [2.45, 2.75) is 33.1 Å². The molecule has 0 spiro atoms. The summed E-state index contributed by atoms with van der Waals surface area (Å²) >= 11 is 0. The molecule has 6 nitrogen and oxygen atoms in total. The van der Waals surface area contributed by atoms with Crippen molar-refractivity contribution in [3.8, 4) is 5.69 Å². The van der Waals surface area contributed by atoms with Gasteiger partial charge in [-0.2, -0.15) is 9.78 Å². The second kappa shape index (κ2) is 6.55. The van der Waals surface area contributed by atoms with E-state index in [1.165, 1.54) is 6.07 Å². The third-order valence-electron chi connectivity index (χ3n) is 4.33. The van der Waals surface area contributed by atoms with E-state index in [-0.39, 0.29) is 18.4 Å². The lowest BCUT2D eigenvalue weighted by molar-refractivity contribution is -0.133. The molecular formula is C19H18N2O4. The topological polar surface area (TPSA) is 86.1 Å². The Labute approximate surface area is 144 Å². The van der Waals surface area contributed by atoms with Gasteiger partial charge in [0.1, 0.15) is 5.92 Å². The van der Waals surface area contributed by atoms with Gasteiger partial charge in [-0.1, -0.05) is 17.7 Å². The molecule has 3 rings (SSSR count). The van der Waals surface area contributed by atoms with Crippen molar-refractivity contribution in [3.63, 3.8) is 0 Å². The van der Waals surface area contributed by atoms with Gasteiger partial charge in [0.15, 0.2) is 17.3 Å². The lowest BCUT2D eigenvalue weighted by Crippen LogP contribution is -2.39. The van der Waals surface area contributed by atoms with Gasteiger partial charge in [-0.15, -0.1) is 0 Å². The third kappa shape index (κ3) is 3.20. The van der Waals surface area contributed by atoms with E-state index in [1.807, 2.05) is 19.1 Å². The van der Waals surface area contributed by atoms with E-state index < -0.39 is 28.8 Å². The van der Waals surface area contributed by atoms with Gasteiger partial charge in [-0.3, -0.25) is 19.2 Å². The highest BCUT2D eigenvalue weighted by atomic mass is 16.2. The van der Waals surface area contributed by atoms with Crippen LogP contribution in [0.3, 0.4) is 0 Å². The Kier molecular flexibility index (Phi) is 4.44. The molecule has 0 radical (unpaired) electrons. The molecule has 2 aromatic rings. The van der Waals surface area contributed by atoms with Gasteiger partial charge in [-0.05, 0) is 38.5 Å². The molecule has 0 unspecified atom stereocenters. The number of ketones is 3. The zero-order valence-electron chi connectivity index (χ0n) is 14.1. The molecule has 0 bridgehead atoms. The van der Waals surface area contributed by atoms with Crippen LogP contribution in [0.2, 0.25) is 0 Å². The Bertz CT molecular complexity index is 909. The highest BCUT2D eigenvalue weighted by molar-refractivity contribution is 6.25. The fraction of sp³-hybridized carbons (Fsp3) is 0.316. The van der Waals surface area contributed by atoms with Crippen LogP contribution < -0.4 is 5.56 Å². The Morgan fingerprint density at radius 3 is 2.24 bits per heavy atom. The molecule has 25 heavy (non-hydrogen) atoms. The van der Waals surface area contributed by atoms with Crippen LogP contribution in [-0.4, -0.2) is 27.1 Å². The lowest BCUT2D eigenvalue weighted by Gasteiger charge is -2.18. The fourth-order valence-corrected chi connectivity index (χ4v) is 3.01. The smallest absolute Gasteiger partial charge is 0.282 e. The number of benzene rings is 1. The molecule has 0 amide bonds. The van der Waals surface area contributed by atoms with Crippen molar-refractivity contribution >= 4 is 17.3 Å². The number of Topliss-reactive ketones (excluding diaryl/α,β-unsaturated/α-hetero) is 3. The van der Waals surface area contributed by atoms with Crippen LogP contribution in [0.4, 0.5) is 0 Å². The van der Waals surface area contributed by atoms with Crippen LogP contribution >= 0.6 is 0 Å². The first-order valence-corrected chi connectivity index (χ1v) is 8.16. The SMILES string of the molecule is Cc1ccc(-n2nc(C)cc(C(=O)C3C(=O)CCCC3=O)c2=O)cc1. The van der Waals surface area contributed by atoms with Gasteiger partial charge in [0.05, 0.1) is 16.9 Å². The Morgan fingerprint density at radius 1 is 1.04 bits per heavy atom. The van der Waals surface area contributed by atoms with E-state index in [2.05, 4.69) is 5.10 Å². The number of aromatic nitrogens is 2. The van der Waals surface area contributed by atoms with Gasteiger partial charge >= 0.3 is 0 Å². The van der Waals surface area contributed by atoms with Crippen LogP contribution in [0.1, 0.15) is 40.9 Å². The van der Waals surface area contributed by atoms with Crippen molar-refractivity contribution in [1.29, 1.82) is 0 Å². The summed E-state index contributed by atoms with van der Waals surface area (Å²) < 4.78 is 1.14. The van der Waals surface area contributed by atoms with E-state index in [4.69, 9.17) is 0 Å². The summed E-state index contributed by atoms with van der Waals surface area (Å²) in [4.78, 5) is 49.6. The van der Waals surface area contributed by atoms with E-state index in [1.54, 1.807) is 19.1 Å². The predicted octanol–water partition coefficient (Wildman–Crippen LogP) is 1.97. The third-order valence-corrected chi connectivity index (χ3v) is 4.33. The minimum Gasteiger partial charge on any atom is -0.298 e. The number of rotatable bonds is 3. The molecule has 1 aromatic carbocycles. The highest BCUT2D eigenvalue weighted by Crippen LogP contribution is 2.21. The maximum atomic E-state index is 12.8. The number of nitrogens with zero attached hydrogens (tertiary/aromatic N) is 2. The molecule has 0 aliphatic heterocycles. The summed E-state index contributed by atoms with van der Waals surface area (Å²) in [5, 5.41) is 4.18. The predicted molar refractivity (Wildman–Crippen MR) is 91.0 cm³/mol.